The zero-order valence-electron chi connectivity index (χ0n) is 8.93. The maximum atomic E-state index is 5.57. The zero-order chi connectivity index (χ0) is 11.2. The van der Waals surface area contributed by atoms with Gasteiger partial charge in [0.2, 0.25) is 0 Å². The first-order chi connectivity index (χ1) is 7.84. The molecule has 1 heterocycles. The van der Waals surface area contributed by atoms with E-state index in [4.69, 9.17) is 5.73 Å². The smallest absolute Gasteiger partial charge is 0.132 e. The molecule has 0 fully saturated rings. The molecule has 0 saturated heterocycles. The van der Waals surface area contributed by atoms with Crippen LogP contribution in [0.25, 0.3) is 0 Å². The lowest BCUT2D eigenvalue weighted by atomic mass is 10.3. The van der Waals surface area contributed by atoms with Crippen molar-refractivity contribution in [2.75, 3.05) is 17.6 Å². The van der Waals surface area contributed by atoms with Gasteiger partial charge in [-0.2, -0.15) is 0 Å². The largest absolute Gasteiger partial charge is 0.385 e. The lowest BCUT2D eigenvalue weighted by molar-refractivity contribution is 0.898. The number of hydrogen-bond donors (Lipinski definition) is 2. The van der Waals surface area contributed by atoms with E-state index in [1.165, 1.54) is 0 Å². The fourth-order valence-corrected chi connectivity index (χ4v) is 1.41. The Morgan fingerprint density at radius 3 is 2.69 bits per heavy atom. The molecule has 0 radical (unpaired) electrons. The third-order valence-corrected chi connectivity index (χ3v) is 2.18. The summed E-state index contributed by atoms with van der Waals surface area (Å²) in [6, 6.07) is 11.7. The highest BCUT2D eigenvalue weighted by molar-refractivity contribution is 5.42. The molecule has 82 valence electrons. The van der Waals surface area contributed by atoms with Crippen molar-refractivity contribution in [2.45, 2.75) is 6.42 Å². The normalized spacial score (nSPS) is 10.0. The van der Waals surface area contributed by atoms with Gasteiger partial charge >= 0.3 is 0 Å². The number of aromatic nitrogens is 2. The highest BCUT2D eigenvalue weighted by Crippen LogP contribution is 2.05. The second kappa shape index (κ2) is 5.11. The third-order valence-electron chi connectivity index (χ3n) is 2.18. The molecule has 4 nitrogen and oxygen atoms in total. The van der Waals surface area contributed by atoms with Crippen molar-refractivity contribution in [3.05, 3.63) is 48.4 Å². The van der Waals surface area contributed by atoms with Crippen LogP contribution in [0.2, 0.25) is 0 Å². The quantitative estimate of drug-likeness (QED) is 0.813. The summed E-state index contributed by atoms with van der Waals surface area (Å²) in [5.41, 5.74) is 6.67. The van der Waals surface area contributed by atoms with Gasteiger partial charge in [0.25, 0.3) is 0 Å². The molecule has 0 bridgehead atoms. The number of anilines is 2. The van der Waals surface area contributed by atoms with E-state index in [1.807, 2.05) is 30.3 Å². The molecule has 0 saturated carbocycles. The second-order valence-corrected chi connectivity index (χ2v) is 3.44. The molecular weight excluding hydrogens is 200 g/mol. The Bertz CT molecular complexity index is 442. The number of nitrogens with two attached hydrogens (primary N) is 1. The van der Waals surface area contributed by atoms with Gasteiger partial charge in [-0.05, 0) is 18.2 Å². The second-order valence-electron chi connectivity index (χ2n) is 3.44. The number of nitrogens with one attached hydrogen (secondary N) is 1. The van der Waals surface area contributed by atoms with Crippen LogP contribution in [-0.4, -0.2) is 16.5 Å². The summed E-state index contributed by atoms with van der Waals surface area (Å²) in [4.78, 5) is 8.27. The highest BCUT2D eigenvalue weighted by Gasteiger charge is 1.96. The highest BCUT2D eigenvalue weighted by atomic mass is 14.9. The summed E-state index contributed by atoms with van der Waals surface area (Å²) in [5.74, 6) is 1.29. The number of nitrogen functional groups attached to an aromatic ring is 1. The van der Waals surface area contributed by atoms with Gasteiger partial charge in [-0.1, -0.05) is 18.2 Å². The maximum absolute atomic E-state index is 5.57. The SMILES string of the molecule is Nc1ccnc(CCNc2ccccc2)n1. The Morgan fingerprint density at radius 1 is 1.12 bits per heavy atom. The van der Waals surface area contributed by atoms with Crippen molar-refractivity contribution in [2.24, 2.45) is 0 Å². The average Bonchev–Trinajstić information content (AvgIpc) is 2.30. The minimum atomic E-state index is 0.518. The number of benzene rings is 1. The van der Waals surface area contributed by atoms with Crippen LogP contribution in [0.1, 0.15) is 5.82 Å². The van der Waals surface area contributed by atoms with E-state index in [0.717, 1.165) is 24.5 Å². The molecule has 1 aromatic carbocycles. The summed E-state index contributed by atoms with van der Waals surface area (Å²) in [6.07, 6.45) is 2.44. The van der Waals surface area contributed by atoms with E-state index in [2.05, 4.69) is 15.3 Å². The number of hydrogen-bond acceptors (Lipinski definition) is 4. The minimum Gasteiger partial charge on any atom is -0.385 e. The van der Waals surface area contributed by atoms with Gasteiger partial charge < -0.3 is 11.1 Å². The molecule has 4 heteroatoms. The van der Waals surface area contributed by atoms with Crippen molar-refractivity contribution in [3.63, 3.8) is 0 Å². The molecule has 0 aliphatic carbocycles. The third kappa shape index (κ3) is 2.95. The summed E-state index contributed by atoms with van der Waals surface area (Å²) >= 11 is 0. The van der Waals surface area contributed by atoms with Crippen LogP contribution in [0.15, 0.2) is 42.6 Å². The van der Waals surface area contributed by atoms with E-state index in [-0.39, 0.29) is 0 Å². The van der Waals surface area contributed by atoms with Gasteiger partial charge in [-0.15, -0.1) is 0 Å². The van der Waals surface area contributed by atoms with Crippen molar-refractivity contribution in [1.29, 1.82) is 0 Å². The van der Waals surface area contributed by atoms with Crippen LogP contribution in [-0.2, 0) is 6.42 Å². The Balaban J connectivity index is 1.85. The first kappa shape index (κ1) is 10.4. The molecule has 3 N–H and O–H groups in total. The van der Waals surface area contributed by atoms with Crippen molar-refractivity contribution >= 4 is 11.5 Å². The lowest BCUT2D eigenvalue weighted by Crippen LogP contribution is -2.08. The summed E-state index contributed by atoms with van der Waals surface area (Å²) in [7, 11) is 0. The molecule has 16 heavy (non-hydrogen) atoms. The predicted molar refractivity (Wildman–Crippen MR) is 65.1 cm³/mol. The van der Waals surface area contributed by atoms with Gasteiger partial charge in [0.15, 0.2) is 0 Å². The molecule has 0 aliphatic heterocycles. The zero-order valence-corrected chi connectivity index (χ0v) is 8.93. The molecule has 0 amide bonds. The van der Waals surface area contributed by atoms with Gasteiger partial charge in [-0.3, -0.25) is 0 Å². The Morgan fingerprint density at radius 2 is 1.94 bits per heavy atom. The minimum absolute atomic E-state index is 0.518. The molecule has 0 unspecified atom stereocenters. The fraction of sp³-hybridized carbons (Fsp3) is 0.167. The predicted octanol–water partition coefficient (Wildman–Crippen LogP) is 1.71. The van der Waals surface area contributed by atoms with E-state index < -0.39 is 0 Å². The molecule has 0 spiro atoms. The monoisotopic (exact) mass is 214 g/mol. The molecule has 0 atom stereocenters. The number of nitrogens with zero attached hydrogens (tertiary/aromatic N) is 2. The standard InChI is InChI=1S/C12H14N4/c13-11-6-8-15-12(16-11)7-9-14-10-4-2-1-3-5-10/h1-6,8,14H,7,9H2,(H2,13,15,16). The Labute approximate surface area is 94.5 Å². The van der Waals surface area contributed by atoms with Crippen LogP contribution in [0, 0.1) is 0 Å². The molecule has 0 aliphatic rings. The van der Waals surface area contributed by atoms with Crippen molar-refractivity contribution in [1.82, 2.24) is 9.97 Å². The lowest BCUT2D eigenvalue weighted by Gasteiger charge is -2.05. The van der Waals surface area contributed by atoms with Gasteiger partial charge in [0.1, 0.15) is 11.6 Å². The Hall–Kier alpha value is -2.10. The van der Waals surface area contributed by atoms with Crippen molar-refractivity contribution in [3.8, 4) is 0 Å². The van der Waals surface area contributed by atoms with E-state index >= 15 is 0 Å². The maximum Gasteiger partial charge on any atom is 0.132 e. The van der Waals surface area contributed by atoms with Crippen molar-refractivity contribution < 1.29 is 0 Å². The van der Waals surface area contributed by atoms with Gasteiger partial charge in [0.05, 0.1) is 0 Å². The molecule has 2 aromatic rings. The van der Waals surface area contributed by atoms with Crippen LogP contribution in [0.5, 0.6) is 0 Å². The summed E-state index contributed by atoms with van der Waals surface area (Å²) < 4.78 is 0. The van der Waals surface area contributed by atoms with E-state index in [9.17, 15) is 0 Å². The fourth-order valence-electron chi connectivity index (χ4n) is 1.41. The summed E-state index contributed by atoms with van der Waals surface area (Å²) in [6.45, 7) is 0.799. The summed E-state index contributed by atoms with van der Waals surface area (Å²) in [5, 5.41) is 3.29. The van der Waals surface area contributed by atoms with Crippen LogP contribution < -0.4 is 11.1 Å². The first-order valence-electron chi connectivity index (χ1n) is 5.21. The molecule has 2 rings (SSSR count). The van der Waals surface area contributed by atoms with Crippen LogP contribution in [0.3, 0.4) is 0 Å². The average molecular weight is 214 g/mol. The molecular formula is C12H14N4. The number of para-hydroxylation sites is 1. The van der Waals surface area contributed by atoms with E-state index in [1.54, 1.807) is 12.3 Å². The Kier molecular flexibility index (Phi) is 3.33. The van der Waals surface area contributed by atoms with E-state index in [0.29, 0.717) is 5.82 Å². The number of rotatable bonds is 4. The van der Waals surface area contributed by atoms with Gasteiger partial charge in [-0.25, -0.2) is 9.97 Å². The molecule has 1 aromatic heterocycles. The van der Waals surface area contributed by atoms with Gasteiger partial charge in [0, 0.05) is 24.8 Å². The van der Waals surface area contributed by atoms with Crippen LogP contribution in [0.4, 0.5) is 11.5 Å². The topological polar surface area (TPSA) is 63.8 Å². The van der Waals surface area contributed by atoms with Crippen LogP contribution >= 0.6 is 0 Å². The first-order valence-corrected chi connectivity index (χ1v) is 5.21.